The number of benzene rings is 1. The first kappa shape index (κ1) is 14.0. The summed E-state index contributed by atoms with van der Waals surface area (Å²) in [6.07, 6.45) is 0.842. The van der Waals surface area contributed by atoms with Crippen LogP contribution in [-0.4, -0.2) is 10.6 Å². The highest BCUT2D eigenvalue weighted by atomic mass is 35.5. The van der Waals surface area contributed by atoms with Crippen LogP contribution in [0.25, 0.3) is 0 Å². The van der Waals surface area contributed by atoms with Crippen molar-refractivity contribution < 1.29 is 4.84 Å². The van der Waals surface area contributed by atoms with Crippen molar-refractivity contribution in [3.8, 4) is 0 Å². The summed E-state index contributed by atoms with van der Waals surface area (Å²) in [4.78, 5) is 5.32. The second-order valence-electron chi connectivity index (χ2n) is 4.99. The van der Waals surface area contributed by atoms with Gasteiger partial charge in [0.1, 0.15) is 10.6 Å². The van der Waals surface area contributed by atoms with Crippen LogP contribution in [-0.2, 0) is 10.6 Å². The zero-order valence-electron chi connectivity index (χ0n) is 10.6. The fourth-order valence-corrected chi connectivity index (χ4v) is 3.29. The molecule has 0 atom stereocenters. The zero-order valence-corrected chi connectivity index (χ0v) is 12.9. The van der Waals surface area contributed by atoms with Gasteiger partial charge in [-0.15, -0.1) is 11.8 Å². The van der Waals surface area contributed by atoms with Gasteiger partial charge in [-0.1, -0.05) is 28.4 Å². The van der Waals surface area contributed by atoms with Gasteiger partial charge in [-0.05, 0) is 44.0 Å². The van der Waals surface area contributed by atoms with E-state index in [-0.39, 0.29) is 5.60 Å². The van der Waals surface area contributed by atoms with Crippen LogP contribution in [0, 0.1) is 6.92 Å². The van der Waals surface area contributed by atoms with Crippen LogP contribution in [0.1, 0.15) is 31.4 Å². The molecule has 0 radical (unpaired) electrons. The van der Waals surface area contributed by atoms with Crippen molar-refractivity contribution in [1.82, 2.24) is 0 Å². The molecular formula is C13H15Cl2NOS. The standard InChI is InChI=1S/C13H15Cl2NOS/c1-8-4-11(15)9(5-10(8)14)7-18-12-6-13(2,3)17-16-12/h4-5H,6-7H2,1-3H3. The first-order valence-electron chi connectivity index (χ1n) is 5.70. The van der Waals surface area contributed by atoms with Crippen LogP contribution in [0.3, 0.4) is 0 Å². The van der Waals surface area contributed by atoms with Crippen molar-refractivity contribution in [3.05, 3.63) is 33.3 Å². The molecule has 2 rings (SSSR count). The summed E-state index contributed by atoms with van der Waals surface area (Å²) < 4.78 is 0. The molecule has 1 aromatic carbocycles. The van der Waals surface area contributed by atoms with Crippen LogP contribution in [0.2, 0.25) is 10.0 Å². The van der Waals surface area contributed by atoms with Gasteiger partial charge in [-0.2, -0.15) is 0 Å². The number of thioether (sulfide) groups is 1. The van der Waals surface area contributed by atoms with E-state index >= 15 is 0 Å². The molecule has 0 saturated carbocycles. The topological polar surface area (TPSA) is 21.6 Å². The second-order valence-corrected chi connectivity index (χ2v) is 6.86. The Bertz CT molecular complexity index is 500. The van der Waals surface area contributed by atoms with E-state index in [2.05, 4.69) is 5.16 Å². The quantitative estimate of drug-likeness (QED) is 0.762. The molecule has 0 saturated heterocycles. The minimum absolute atomic E-state index is 0.183. The molecule has 1 aliphatic rings. The maximum Gasteiger partial charge on any atom is 0.138 e. The minimum atomic E-state index is -0.183. The molecule has 2 nitrogen and oxygen atoms in total. The molecule has 0 spiro atoms. The SMILES string of the molecule is Cc1cc(Cl)c(CSC2=NOC(C)(C)C2)cc1Cl. The van der Waals surface area contributed by atoms with Gasteiger partial charge in [-0.25, -0.2) is 0 Å². The van der Waals surface area contributed by atoms with Crippen molar-refractivity contribution in [1.29, 1.82) is 0 Å². The average molecular weight is 304 g/mol. The lowest BCUT2D eigenvalue weighted by Gasteiger charge is -2.13. The Morgan fingerprint density at radius 1 is 1.33 bits per heavy atom. The Morgan fingerprint density at radius 2 is 2.06 bits per heavy atom. The lowest BCUT2D eigenvalue weighted by molar-refractivity contribution is 0.0123. The molecule has 18 heavy (non-hydrogen) atoms. The summed E-state index contributed by atoms with van der Waals surface area (Å²) in [7, 11) is 0. The van der Waals surface area contributed by atoms with Crippen LogP contribution < -0.4 is 0 Å². The summed E-state index contributed by atoms with van der Waals surface area (Å²) in [6, 6.07) is 3.82. The number of oxime groups is 1. The van der Waals surface area contributed by atoms with E-state index in [1.165, 1.54) is 0 Å². The van der Waals surface area contributed by atoms with Gasteiger partial charge in [0.2, 0.25) is 0 Å². The molecule has 1 aromatic rings. The number of hydrogen-bond donors (Lipinski definition) is 0. The molecular weight excluding hydrogens is 289 g/mol. The molecule has 0 aromatic heterocycles. The van der Waals surface area contributed by atoms with Gasteiger partial charge in [0, 0.05) is 22.2 Å². The van der Waals surface area contributed by atoms with Crippen LogP contribution in [0.15, 0.2) is 17.3 Å². The average Bonchev–Trinajstić information content (AvgIpc) is 2.62. The van der Waals surface area contributed by atoms with Gasteiger partial charge in [0.25, 0.3) is 0 Å². The van der Waals surface area contributed by atoms with Gasteiger partial charge in [0.15, 0.2) is 0 Å². The van der Waals surface area contributed by atoms with Crippen molar-refractivity contribution in [2.45, 2.75) is 38.5 Å². The number of hydrogen-bond acceptors (Lipinski definition) is 3. The fraction of sp³-hybridized carbons (Fsp3) is 0.462. The molecule has 0 bridgehead atoms. The van der Waals surface area contributed by atoms with Gasteiger partial charge < -0.3 is 4.84 Å². The van der Waals surface area contributed by atoms with Crippen molar-refractivity contribution in [2.24, 2.45) is 5.16 Å². The molecule has 5 heteroatoms. The predicted octanol–water partition coefficient (Wildman–Crippen LogP) is 5.05. The highest BCUT2D eigenvalue weighted by Crippen LogP contribution is 2.32. The zero-order chi connectivity index (χ0) is 13.3. The third-order valence-corrected chi connectivity index (χ3v) is 4.46. The van der Waals surface area contributed by atoms with E-state index in [4.69, 9.17) is 28.0 Å². The highest BCUT2D eigenvalue weighted by molar-refractivity contribution is 8.13. The van der Waals surface area contributed by atoms with E-state index in [0.29, 0.717) is 0 Å². The van der Waals surface area contributed by atoms with E-state index in [1.54, 1.807) is 11.8 Å². The number of halogens is 2. The first-order valence-corrected chi connectivity index (χ1v) is 7.44. The molecule has 0 aliphatic carbocycles. The number of aryl methyl sites for hydroxylation is 1. The van der Waals surface area contributed by atoms with Crippen molar-refractivity contribution in [3.63, 3.8) is 0 Å². The maximum absolute atomic E-state index is 6.20. The third-order valence-electron chi connectivity index (χ3n) is 2.69. The Labute approximate surface area is 122 Å². The third kappa shape index (κ3) is 3.34. The van der Waals surface area contributed by atoms with Crippen molar-refractivity contribution in [2.75, 3.05) is 0 Å². The van der Waals surface area contributed by atoms with Crippen molar-refractivity contribution >= 4 is 40.0 Å². The lowest BCUT2D eigenvalue weighted by Crippen LogP contribution is -2.18. The summed E-state index contributed by atoms with van der Waals surface area (Å²) in [5.41, 5.74) is 1.85. The molecule has 98 valence electrons. The van der Waals surface area contributed by atoms with Gasteiger partial charge in [-0.3, -0.25) is 0 Å². The van der Waals surface area contributed by atoms with E-state index in [9.17, 15) is 0 Å². The Morgan fingerprint density at radius 3 is 2.67 bits per heavy atom. The molecule has 0 N–H and O–H groups in total. The van der Waals surface area contributed by atoms with Crippen LogP contribution in [0.4, 0.5) is 0 Å². The van der Waals surface area contributed by atoms with E-state index < -0.39 is 0 Å². The normalized spacial score (nSPS) is 17.5. The highest BCUT2D eigenvalue weighted by Gasteiger charge is 2.29. The predicted molar refractivity (Wildman–Crippen MR) is 79.7 cm³/mol. The minimum Gasteiger partial charge on any atom is -0.389 e. The second kappa shape index (κ2) is 5.32. The largest absolute Gasteiger partial charge is 0.389 e. The molecule has 0 unspecified atom stereocenters. The van der Waals surface area contributed by atoms with Gasteiger partial charge in [0.05, 0.1) is 0 Å². The fourth-order valence-electron chi connectivity index (χ4n) is 1.64. The van der Waals surface area contributed by atoms with E-state index in [0.717, 1.165) is 38.4 Å². The Kier molecular flexibility index (Phi) is 4.15. The van der Waals surface area contributed by atoms with E-state index in [1.807, 2.05) is 32.9 Å². The lowest BCUT2D eigenvalue weighted by atomic mass is 10.1. The number of rotatable bonds is 2. The Hall–Kier alpha value is -0.380. The monoisotopic (exact) mass is 303 g/mol. The smallest absolute Gasteiger partial charge is 0.138 e. The summed E-state index contributed by atoms with van der Waals surface area (Å²) in [6.45, 7) is 6.00. The van der Waals surface area contributed by atoms with Crippen LogP contribution in [0.5, 0.6) is 0 Å². The molecule has 1 heterocycles. The molecule has 1 aliphatic heterocycles. The summed E-state index contributed by atoms with van der Waals surface area (Å²) >= 11 is 14.0. The van der Waals surface area contributed by atoms with Crippen LogP contribution >= 0.6 is 35.0 Å². The Balaban J connectivity index is 2.01. The summed E-state index contributed by atoms with van der Waals surface area (Å²) in [5, 5.41) is 6.59. The number of nitrogens with zero attached hydrogens (tertiary/aromatic N) is 1. The molecule has 0 fully saturated rings. The maximum atomic E-state index is 6.20. The first-order chi connectivity index (χ1) is 8.37. The summed E-state index contributed by atoms with van der Waals surface area (Å²) in [5.74, 6) is 0.761. The van der Waals surface area contributed by atoms with Gasteiger partial charge >= 0.3 is 0 Å². The molecule has 0 amide bonds.